The number of carbonyl (C=O) groups is 3. The number of ether oxygens (including phenoxy) is 2. The molecule has 0 aromatic heterocycles. The van der Waals surface area contributed by atoms with Gasteiger partial charge in [0.15, 0.2) is 0 Å². The summed E-state index contributed by atoms with van der Waals surface area (Å²) < 4.78 is 40.0. The molecule has 0 heterocycles. The van der Waals surface area contributed by atoms with Crippen LogP contribution >= 0.6 is 0 Å². The number of hydrogen-bond acceptors (Lipinski definition) is 8. The molecule has 3 N–H and O–H groups in total. The Hall–Kier alpha value is -3.48. The molecule has 196 valence electrons. The lowest BCUT2D eigenvalue weighted by atomic mass is 10.1. The molecule has 0 spiro atoms. The molecule has 0 saturated heterocycles. The molecule has 0 aliphatic rings. The highest BCUT2D eigenvalue weighted by atomic mass is 32.2. The Labute approximate surface area is 210 Å². The number of rotatable bonds is 11. The summed E-state index contributed by atoms with van der Waals surface area (Å²) in [5, 5.41) is 0.863. The number of hydrogen-bond donors (Lipinski definition) is 2. The topological polar surface area (TPSA) is 154 Å². The average Bonchev–Trinajstić information content (AvgIpc) is 2.80. The number of primary amides is 1. The van der Waals surface area contributed by atoms with E-state index in [0.717, 1.165) is 16.7 Å². The van der Waals surface area contributed by atoms with Gasteiger partial charge in [-0.2, -0.15) is 4.72 Å². The van der Waals surface area contributed by atoms with Crippen molar-refractivity contribution in [3.05, 3.63) is 59.7 Å². The van der Waals surface area contributed by atoms with Gasteiger partial charge in [0.25, 0.3) is 0 Å². The number of nitrogens with one attached hydrogen (secondary N) is 1. The number of carbonyl (C=O) groups excluding carboxylic acids is 3. The minimum atomic E-state index is -4.46. The molecule has 2 rings (SSSR count). The Morgan fingerprint density at radius 3 is 2.28 bits per heavy atom. The fourth-order valence-electron chi connectivity index (χ4n) is 2.93. The first kappa shape index (κ1) is 28.8. The van der Waals surface area contributed by atoms with Crippen molar-refractivity contribution in [1.29, 1.82) is 0 Å². The Morgan fingerprint density at radius 1 is 1.08 bits per heavy atom. The third-order valence-corrected chi connectivity index (χ3v) is 6.26. The van der Waals surface area contributed by atoms with Crippen LogP contribution in [-0.2, 0) is 35.8 Å². The van der Waals surface area contributed by atoms with Crippen molar-refractivity contribution in [2.75, 3.05) is 14.2 Å². The highest BCUT2D eigenvalue weighted by Crippen LogP contribution is 2.27. The van der Waals surface area contributed by atoms with Gasteiger partial charge in [-0.15, -0.1) is 0 Å². The molecule has 36 heavy (non-hydrogen) atoms. The first-order valence-electron chi connectivity index (χ1n) is 10.9. The molecule has 0 bridgehead atoms. The zero-order valence-electron chi connectivity index (χ0n) is 20.8. The second-order valence-electron chi connectivity index (χ2n) is 8.79. The van der Waals surface area contributed by atoms with Gasteiger partial charge in [-0.25, -0.2) is 13.5 Å². The van der Waals surface area contributed by atoms with E-state index in [4.69, 9.17) is 20.0 Å². The molecule has 0 saturated carbocycles. The highest BCUT2D eigenvalue weighted by Gasteiger charge is 2.34. The van der Waals surface area contributed by atoms with E-state index in [-0.39, 0.29) is 22.8 Å². The third-order valence-electron chi connectivity index (χ3n) is 4.75. The normalized spacial score (nSPS) is 12.5. The number of esters is 1. The summed E-state index contributed by atoms with van der Waals surface area (Å²) in [4.78, 5) is 41.4. The Kier molecular flexibility index (Phi) is 9.56. The molecule has 12 heteroatoms. The van der Waals surface area contributed by atoms with Crippen LogP contribution in [-0.4, -0.2) is 57.1 Å². The van der Waals surface area contributed by atoms with E-state index in [2.05, 4.69) is 4.72 Å². The number of nitrogens with zero attached hydrogens (tertiary/aromatic N) is 1. The van der Waals surface area contributed by atoms with Crippen LogP contribution in [0.2, 0.25) is 0 Å². The summed E-state index contributed by atoms with van der Waals surface area (Å²) in [6.07, 6.45) is -0.571. The molecular weight excluding hydrogens is 490 g/mol. The quantitative estimate of drug-likeness (QED) is 0.335. The van der Waals surface area contributed by atoms with Crippen molar-refractivity contribution in [2.45, 2.75) is 50.3 Å². The summed E-state index contributed by atoms with van der Waals surface area (Å²) in [6, 6.07) is 10.9. The van der Waals surface area contributed by atoms with Crippen molar-refractivity contribution in [1.82, 2.24) is 9.79 Å². The van der Waals surface area contributed by atoms with Gasteiger partial charge >= 0.3 is 5.97 Å². The van der Waals surface area contributed by atoms with Crippen LogP contribution in [0.25, 0.3) is 0 Å². The van der Waals surface area contributed by atoms with Gasteiger partial charge in [0.1, 0.15) is 28.9 Å². The molecule has 2 aromatic carbocycles. The molecule has 11 nitrogen and oxygen atoms in total. The molecule has 0 aliphatic heterocycles. The molecular formula is C24H31N3O8S. The number of benzene rings is 2. The predicted octanol–water partition coefficient (Wildman–Crippen LogP) is 1.76. The lowest BCUT2D eigenvalue weighted by molar-refractivity contribution is -0.172. The van der Waals surface area contributed by atoms with E-state index in [1.165, 1.54) is 26.3 Å². The van der Waals surface area contributed by atoms with E-state index in [9.17, 15) is 22.8 Å². The van der Waals surface area contributed by atoms with Crippen LogP contribution in [0.15, 0.2) is 53.4 Å². The molecule has 2 aromatic rings. The second-order valence-corrected chi connectivity index (χ2v) is 10.5. The summed E-state index contributed by atoms with van der Waals surface area (Å²) in [6.45, 7) is 4.82. The maximum absolute atomic E-state index is 13.4. The lowest BCUT2D eigenvalue weighted by Crippen LogP contribution is -2.47. The summed E-state index contributed by atoms with van der Waals surface area (Å²) >= 11 is 0. The first-order valence-corrected chi connectivity index (χ1v) is 12.4. The van der Waals surface area contributed by atoms with Gasteiger partial charge in [-0.05, 0) is 44.5 Å². The molecule has 2 amide bonds. The van der Waals surface area contributed by atoms with Crippen LogP contribution in [0.1, 0.15) is 43.1 Å². The molecule has 0 radical (unpaired) electrons. The van der Waals surface area contributed by atoms with E-state index < -0.39 is 45.9 Å². The van der Waals surface area contributed by atoms with Crippen LogP contribution in [0.4, 0.5) is 0 Å². The van der Waals surface area contributed by atoms with E-state index in [1.54, 1.807) is 45.0 Å². The summed E-state index contributed by atoms with van der Waals surface area (Å²) in [5.74, 6) is -2.56. The molecule has 0 fully saturated rings. The van der Waals surface area contributed by atoms with Gasteiger partial charge < -0.3 is 15.2 Å². The minimum absolute atomic E-state index is 0.00180. The van der Waals surface area contributed by atoms with Crippen molar-refractivity contribution in [3.8, 4) is 5.75 Å². The standard InChI is InChI=1S/C24H31N3O8S/c1-24(2,3)35-23(30)18(14-21(28)27(4)33-5)26-36(31,32)20-12-11-17(22(25)29)13-19(20)34-15-16-9-7-6-8-10-16/h6-13,18,26H,14-15H2,1-5H3,(H2,25,29). The zero-order chi connectivity index (χ0) is 27.1. The number of nitrogens with two attached hydrogens (primary N) is 1. The van der Waals surface area contributed by atoms with E-state index >= 15 is 0 Å². The second kappa shape index (κ2) is 12.0. The predicted molar refractivity (Wildman–Crippen MR) is 130 cm³/mol. The highest BCUT2D eigenvalue weighted by molar-refractivity contribution is 7.89. The fraction of sp³-hybridized carbons (Fsp3) is 0.375. The van der Waals surface area contributed by atoms with Crippen molar-refractivity contribution >= 4 is 27.8 Å². The number of sulfonamides is 1. The largest absolute Gasteiger partial charge is 0.487 e. The monoisotopic (exact) mass is 521 g/mol. The fourth-order valence-corrected chi connectivity index (χ4v) is 4.24. The maximum atomic E-state index is 13.4. The van der Waals surface area contributed by atoms with Crippen molar-refractivity contribution in [2.24, 2.45) is 5.73 Å². The average molecular weight is 522 g/mol. The summed E-state index contributed by atoms with van der Waals surface area (Å²) in [7, 11) is -1.88. The number of hydroxylamine groups is 2. The van der Waals surface area contributed by atoms with Gasteiger partial charge in [-0.1, -0.05) is 30.3 Å². The van der Waals surface area contributed by atoms with E-state index in [1.807, 2.05) is 6.07 Å². The van der Waals surface area contributed by atoms with Crippen molar-refractivity contribution in [3.63, 3.8) is 0 Å². The Morgan fingerprint density at radius 2 is 1.72 bits per heavy atom. The van der Waals surface area contributed by atoms with Gasteiger partial charge in [0.05, 0.1) is 13.5 Å². The third kappa shape index (κ3) is 8.33. The molecule has 1 atom stereocenters. The van der Waals surface area contributed by atoms with Crippen LogP contribution in [0.5, 0.6) is 5.75 Å². The van der Waals surface area contributed by atoms with Gasteiger partial charge in [0, 0.05) is 12.6 Å². The molecule has 1 unspecified atom stereocenters. The number of amides is 2. The zero-order valence-corrected chi connectivity index (χ0v) is 21.6. The van der Waals surface area contributed by atoms with Gasteiger partial charge in [-0.3, -0.25) is 19.2 Å². The Balaban J connectivity index is 2.43. The Bertz CT molecular complexity index is 1190. The lowest BCUT2D eigenvalue weighted by Gasteiger charge is -2.25. The van der Waals surface area contributed by atoms with Gasteiger partial charge in [0.2, 0.25) is 21.8 Å². The smallest absolute Gasteiger partial charge is 0.325 e. The SMILES string of the molecule is CON(C)C(=O)CC(NS(=O)(=O)c1ccc(C(N)=O)cc1OCc1ccccc1)C(=O)OC(C)(C)C. The molecule has 0 aliphatic carbocycles. The van der Waals surface area contributed by atoms with Crippen LogP contribution < -0.4 is 15.2 Å². The summed E-state index contributed by atoms with van der Waals surface area (Å²) in [5.41, 5.74) is 5.18. The first-order chi connectivity index (χ1) is 16.7. The van der Waals surface area contributed by atoms with Crippen LogP contribution in [0.3, 0.4) is 0 Å². The van der Waals surface area contributed by atoms with E-state index in [0.29, 0.717) is 0 Å². The minimum Gasteiger partial charge on any atom is -0.487 e. The van der Waals surface area contributed by atoms with Crippen molar-refractivity contribution < 1.29 is 37.1 Å². The maximum Gasteiger partial charge on any atom is 0.325 e. The van der Waals surface area contributed by atoms with Crippen LogP contribution in [0, 0.1) is 0 Å².